The number of carbonyl (C=O) groups excluding carboxylic acids is 2. The highest BCUT2D eigenvalue weighted by molar-refractivity contribution is 5.88. The van der Waals surface area contributed by atoms with Crippen LogP contribution in [0.3, 0.4) is 0 Å². The Morgan fingerprint density at radius 1 is 1.05 bits per heavy atom. The molecular formula is C15H26N2O4. The molecule has 0 bridgehead atoms. The second-order valence-electron chi connectivity index (χ2n) is 6.90. The minimum Gasteiger partial charge on any atom is -0.481 e. The zero-order chi connectivity index (χ0) is 16.1. The fraction of sp³-hybridized carbons (Fsp3) is 0.800. The number of carbonyl (C=O) groups is 3. The van der Waals surface area contributed by atoms with Crippen molar-refractivity contribution in [2.75, 3.05) is 6.54 Å². The average Bonchev–Trinajstić information content (AvgIpc) is 2.35. The monoisotopic (exact) mass is 298 g/mol. The minimum absolute atomic E-state index is 0.0505. The molecule has 2 amide bonds. The zero-order valence-corrected chi connectivity index (χ0v) is 13.1. The van der Waals surface area contributed by atoms with E-state index in [9.17, 15) is 19.5 Å². The van der Waals surface area contributed by atoms with Crippen LogP contribution in [0.25, 0.3) is 0 Å². The molecule has 1 saturated carbocycles. The Kier molecular flexibility index (Phi) is 5.75. The summed E-state index contributed by atoms with van der Waals surface area (Å²) in [5.41, 5.74) is -1.31. The van der Waals surface area contributed by atoms with Gasteiger partial charge in [0.15, 0.2) is 0 Å². The predicted molar refractivity (Wildman–Crippen MR) is 78.7 cm³/mol. The van der Waals surface area contributed by atoms with Crippen LogP contribution in [0.4, 0.5) is 0 Å². The third-order valence-electron chi connectivity index (χ3n) is 3.72. The van der Waals surface area contributed by atoms with E-state index in [2.05, 4.69) is 10.6 Å². The van der Waals surface area contributed by atoms with Crippen molar-refractivity contribution in [2.24, 2.45) is 5.41 Å². The molecule has 1 aliphatic carbocycles. The molecule has 0 aromatic rings. The van der Waals surface area contributed by atoms with E-state index in [0.29, 0.717) is 12.8 Å². The molecule has 6 heteroatoms. The van der Waals surface area contributed by atoms with Gasteiger partial charge in [0.1, 0.15) is 0 Å². The first kappa shape index (κ1) is 17.5. The van der Waals surface area contributed by atoms with Crippen LogP contribution >= 0.6 is 0 Å². The summed E-state index contributed by atoms with van der Waals surface area (Å²) in [7, 11) is 0. The molecule has 1 aliphatic rings. The lowest BCUT2D eigenvalue weighted by Gasteiger charge is -2.32. The van der Waals surface area contributed by atoms with E-state index >= 15 is 0 Å². The van der Waals surface area contributed by atoms with Gasteiger partial charge in [-0.25, -0.2) is 0 Å². The molecule has 0 aromatic heterocycles. The second-order valence-corrected chi connectivity index (χ2v) is 6.90. The number of nitrogens with one attached hydrogen (secondary N) is 2. The third kappa shape index (κ3) is 5.73. The van der Waals surface area contributed by atoms with Crippen molar-refractivity contribution in [3.8, 4) is 0 Å². The van der Waals surface area contributed by atoms with Gasteiger partial charge in [-0.05, 0) is 33.6 Å². The van der Waals surface area contributed by atoms with Crippen LogP contribution in [0, 0.1) is 5.41 Å². The van der Waals surface area contributed by atoms with E-state index in [1.54, 1.807) is 0 Å². The van der Waals surface area contributed by atoms with Crippen LogP contribution in [0.15, 0.2) is 0 Å². The Morgan fingerprint density at radius 3 is 2.10 bits per heavy atom. The van der Waals surface area contributed by atoms with Gasteiger partial charge in [-0.3, -0.25) is 14.4 Å². The zero-order valence-electron chi connectivity index (χ0n) is 13.1. The van der Waals surface area contributed by atoms with Gasteiger partial charge in [0.25, 0.3) is 0 Å². The van der Waals surface area contributed by atoms with E-state index in [-0.39, 0.29) is 30.3 Å². The Balaban J connectivity index is 2.48. The number of rotatable bonds is 5. The summed E-state index contributed by atoms with van der Waals surface area (Å²) in [5.74, 6) is -1.55. The molecule has 0 atom stereocenters. The highest BCUT2D eigenvalue weighted by atomic mass is 16.4. The summed E-state index contributed by atoms with van der Waals surface area (Å²) in [6.07, 6.45) is 3.71. The van der Waals surface area contributed by atoms with Crippen LogP contribution in [-0.2, 0) is 14.4 Å². The molecule has 1 fully saturated rings. The molecule has 6 nitrogen and oxygen atoms in total. The van der Waals surface area contributed by atoms with Crippen molar-refractivity contribution in [1.82, 2.24) is 10.6 Å². The largest absolute Gasteiger partial charge is 0.481 e. The lowest BCUT2D eigenvalue weighted by atomic mass is 9.71. The number of carboxylic acids is 1. The van der Waals surface area contributed by atoms with Crippen LogP contribution < -0.4 is 10.6 Å². The highest BCUT2D eigenvalue weighted by Crippen LogP contribution is 2.39. The molecule has 120 valence electrons. The highest BCUT2D eigenvalue weighted by Gasteiger charge is 2.41. The topological polar surface area (TPSA) is 95.5 Å². The first-order valence-electron chi connectivity index (χ1n) is 7.46. The van der Waals surface area contributed by atoms with Gasteiger partial charge in [-0.15, -0.1) is 0 Å². The predicted octanol–water partition coefficient (Wildman–Crippen LogP) is 1.44. The van der Waals surface area contributed by atoms with Crippen LogP contribution in [0.2, 0.25) is 0 Å². The second kappa shape index (κ2) is 6.91. The van der Waals surface area contributed by atoms with Crippen LogP contribution in [0.5, 0.6) is 0 Å². The summed E-state index contributed by atoms with van der Waals surface area (Å²) in [4.78, 5) is 35.0. The molecule has 0 aliphatic heterocycles. The minimum atomic E-state index is -0.956. The molecule has 0 saturated heterocycles. The average molecular weight is 298 g/mol. The van der Waals surface area contributed by atoms with Crippen molar-refractivity contribution in [3.05, 3.63) is 0 Å². The standard InChI is InChI=1S/C15H26N2O4/c1-14(2,3)17-12(19)10-16-11(18)9-15(13(20)21)7-5-4-6-8-15/h4-10H2,1-3H3,(H,16,18)(H,17,19)(H,20,21). The van der Waals surface area contributed by atoms with E-state index < -0.39 is 11.4 Å². The SMILES string of the molecule is CC(C)(C)NC(=O)CNC(=O)CC1(C(=O)O)CCCCC1. The first-order chi connectivity index (χ1) is 9.65. The Morgan fingerprint density at radius 2 is 1.62 bits per heavy atom. The van der Waals surface area contributed by atoms with E-state index in [1.165, 1.54) is 0 Å². The number of hydrogen-bond donors (Lipinski definition) is 3. The maximum atomic E-state index is 11.9. The maximum absolute atomic E-state index is 11.9. The van der Waals surface area contributed by atoms with Crippen molar-refractivity contribution >= 4 is 17.8 Å². The third-order valence-corrected chi connectivity index (χ3v) is 3.72. The van der Waals surface area contributed by atoms with Crippen LogP contribution in [0.1, 0.15) is 59.3 Å². The summed E-state index contributed by atoms with van der Waals surface area (Å²) in [6, 6.07) is 0. The van der Waals surface area contributed by atoms with E-state index in [4.69, 9.17) is 0 Å². The molecular weight excluding hydrogens is 272 g/mol. The van der Waals surface area contributed by atoms with Gasteiger partial charge < -0.3 is 15.7 Å². The molecule has 1 rings (SSSR count). The lowest BCUT2D eigenvalue weighted by molar-refractivity contribution is -0.154. The molecule has 3 N–H and O–H groups in total. The number of amides is 2. The van der Waals surface area contributed by atoms with E-state index in [1.807, 2.05) is 20.8 Å². The van der Waals surface area contributed by atoms with Gasteiger partial charge in [-0.1, -0.05) is 19.3 Å². The van der Waals surface area contributed by atoms with Gasteiger partial charge in [0.05, 0.1) is 12.0 Å². The van der Waals surface area contributed by atoms with E-state index in [0.717, 1.165) is 19.3 Å². The fourth-order valence-corrected chi connectivity index (χ4v) is 2.71. The summed E-state index contributed by atoms with van der Waals surface area (Å²) >= 11 is 0. The van der Waals surface area contributed by atoms with Gasteiger partial charge >= 0.3 is 5.97 Å². The van der Waals surface area contributed by atoms with Crippen LogP contribution in [-0.4, -0.2) is 35.0 Å². The quantitative estimate of drug-likeness (QED) is 0.715. The Bertz CT molecular complexity index is 406. The molecule has 0 radical (unpaired) electrons. The van der Waals surface area contributed by atoms with Crippen molar-refractivity contribution < 1.29 is 19.5 Å². The fourth-order valence-electron chi connectivity index (χ4n) is 2.71. The number of carboxylic acid groups (broad SMARTS) is 1. The molecule has 0 heterocycles. The molecule has 0 aromatic carbocycles. The molecule has 21 heavy (non-hydrogen) atoms. The Labute approximate surface area is 125 Å². The van der Waals surface area contributed by atoms with Crippen molar-refractivity contribution in [3.63, 3.8) is 0 Å². The maximum Gasteiger partial charge on any atom is 0.310 e. The van der Waals surface area contributed by atoms with Crippen molar-refractivity contribution in [2.45, 2.75) is 64.8 Å². The summed E-state index contributed by atoms with van der Waals surface area (Å²) < 4.78 is 0. The molecule has 0 unspecified atom stereocenters. The normalized spacial score (nSPS) is 17.9. The Hall–Kier alpha value is -1.59. The van der Waals surface area contributed by atoms with Crippen molar-refractivity contribution in [1.29, 1.82) is 0 Å². The summed E-state index contributed by atoms with van der Waals surface area (Å²) in [6.45, 7) is 5.45. The summed E-state index contributed by atoms with van der Waals surface area (Å²) in [5, 5.41) is 14.7. The number of hydrogen-bond acceptors (Lipinski definition) is 3. The number of aliphatic carboxylic acids is 1. The lowest BCUT2D eigenvalue weighted by Crippen LogP contribution is -2.47. The first-order valence-corrected chi connectivity index (χ1v) is 7.46. The van der Waals surface area contributed by atoms with Gasteiger partial charge in [0, 0.05) is 12.0 Å². The molecule has 0 spiro atoms. The van der Waals surface area contributed by atoms with Gasteiger partial charge in [0.2, 0.25) is 11.8 Å². The van der Waals surface area contributed by atoms with Gasteiger partial charge in [-0.2, -0.15) is 0 Å². The smallest absolute Gasteiger partial charge is 0.310 e.